The molecule has 2 aromatic rings. The van der Waals surface area contributed by atoms with Gasteiger partial charge in [-0.05, 0) is 42.8 Å². The van der Waals surface area contributed by atoms with Gasteiger partial charge in [0, 0.05) is 0 Å². The van der Waals surface area contributed by atoms with Crippen LogP contribution in [-0.2, 0) is 0 Å². The molecule has 216 valence electrons. The number of benzene rings is 2. The Hall–Kier alpha value is -4.00. The van der Waals surface area contributed by atoms with Gasteiger partial charge in [-0.1, -0.05) is 39.0 Å². The lowest BCUT2D eigenvalue weighted by Crippen LogP contribution is -2.54. The molecule has 0 unspecified atom stereocenters. The van der Waals surface area contributed by atoms with E-state index in [1.54, 1.807) is 6.07 Å². The largest absolute Gasteiger partial charge is 0.492 e. The van der Waals surface area contributed by atoms with Crippen LogP contribution in [0.2, 0.25) is 0 Å². The van der Waals surface area contributed by atoms with Crippen molar-refractivity contribution in [1.82, 2.24) is 0 Å². The Morgan fingerprint density at radius 2 is 1.32 bits per heavy atom. The molecule has 0 aromatic heterocycles. The SMILES string of the molecule is CCCCCCCCOc1ccc(OC(=O)c2ccc(OCC(F)(F)C(F)(F)C(F)(F)F)cc2)c(C#N)c1C#N. The summed E-state index contributed by atoms with van der Waals surface area (Å²) in [5.74, 6) is -13.6. The Labute approximate surface area is 225 Å². The Balaban J connectivity index is 2.05. The van der Waals surface area contributed by atoms with Gasteiger partial charge in [-0.3, -0.25) is 0 Å². The van der Waals surface area contributed by atoms with Crippen LogP contribution in [0, 0.1) is 22.7 Å². The number of unbranched alkanes of at least 4 members (excludes halogenated alkanes) is 5. The molecule has 40 heavy (non-hydrogen) atoms. The van der Waals surface area contributed by atoms with Gasteiger partial charge in [-0.2, -0.15) is 41.3 Å². The average Bonchev–Trinajstić information content (AvgIpc) is 2.91. The third kappa shape index (κ3) is 8.01. The monoisotopic (exact) mass is 574 g/mol. The maximum absolute atomic E-state index is 13.4. The van der Waals surface area contributed by atoms with E-state index in [4.69, 9.17) is 9.47 Å². The van der Waals surface area contributed by atoms with Gasteiger partial charge in [0.1, 0.15) is 34.8 Å². The highest BCUT2D eigenvalue weighted by Crippen LogP contribution is 2.46. The summed E-state index contributed by atoms with van der Waals surface area (Å²) >= 11 is 0. The molecule has 0 aliphatic heterocycles. The first-order valence-electron chi connectivity index (χ1n) is 12.2. The summed E-state index contributed by atoms with van der Waals surface area (Å²) < 4.78 is 105. The number of esters is 1. The van der Waals surface area contributed by atoms with Crippen LogP contribution < -0.4 is 14.2 Å². The van der Waals surface area contributed by atoms with Crippen molar-refractivity contribution in [2.45, 2.75) is 63.5 Å². The molecule has 13 heteroatoms. The van der Waals surface area contributed by atoms with Gasteiger partial charge >= 0.3 is 24.0 Å². The first-order chi connectivity index (χ1) is 18.8. The fourth-order valence-corrected chi connectivity index (χ4v) is 3.37. The van der Waals surface area contributed by atoms with Gasteiger partial charge < -0.3 is 14.2 Å². The van der Waals surface area contributed by atoms with Crippen LogP contribution in [0.1, 0.15) is 66.9 Å². The van der Waals surface area contributed by atoms with Crippen LogP contribution in [0.4, 0.5) is 30.7 Å². The number of ether oxygens (including phenoxy) is 3. The predicted octanol–water partition coefficient (Wildman–Crippen LogP) is 7.60. The lowest BCUT2D eigenvalue weighted by atomic mass is 10.1. The second-order valence-corrected chi connectivity index (χ2v) is 8.63. The van der Waals surface area contributed by atoms with Gasteiger partial charge in [-0.15, -0.1) is 0 Å². The quantitative estimate of drug-likeness (QED) is 0.0999. The molecule has 2 aromatic carbocycles. The van der Waals surface area contributed by atoms with Gasteiger partial charge in [0.05, 0.1) is 12.2 Å². The van der Waals surface area contributed by atoms with Crippen molar-refractivity contribution >= 4 is 5.97 Å². The lowest BCUT2D eigenvalue weighted by Gasteiger charge is -2.27. The second kappa shape index (κ2) is 13.9. The molecule has 0 atom stereocenters. The summed E-state index contributed by atoms with van der Waals surface area (Å²) in [5, 5.41) is 19.1. The van der Waals surface area contributed by atoms with E-state index < -0.39 is 36.3 Å². The van der Waals surface area contributed by atoms with Crippen molar-refractivity contribution in [2.24, 2.45) is 0 Å². The van der Waals surface area contributed by atoms with Gasteiger partial charge in [0.25, 0.3) is 0 Å². The molecule has 0 fully saturated rings. The van der Waals surface area contributed by atoms with Crippen LogP contribution in [0.25, 0.3) is 0 Å². The minimum Gasteiger partial charge on any atom is -0.492 e. The third-order valence-corrected chi connectivity index (χ3v) is 5.64. The van der Waals surface area contributed by atoms with Gasteiger partial charge in [0.15, 0.2) is 12.4 Å². The number of nitriles is 2. The molecule has 0 spiro atoms. The van der Waals surface area contributed by atoms with E-state index in [0.29, 0.717) is 6.61 Å². The van der Waals surface area contributed by atoms with Crippen molar-refractivity contribution in [3.05, 3.63) is 53.1 Å². The topological polar surface area (TPSA) is 92.3 Å². The molecule has 0 aliphatic carbocycles. The molecule has 0 bridgehead atoms. The van der Waals surface area contributed by atoms with Gasteiger partial charge in [0.2, 0.25) is 0 Å². The number of rotatable bonds is 14. The van der Waals surface area contributed by atoms with E-state index in [2.05, 4.69) is 11.7 Å². The maximum atomic E-state index is 13.4. The third-order valence-electron chi connectivity index (χ3n) is 5.64. The summed E-state index contributed by atoms with van der Waals surface area (Å²) in [5.41, 5.74) is -0.603. The minimum absolute atomic E-state index is 0.140. The van der Waals surface area contributed by atoms with Crippen LogP contribution in [0.3, 0.4) is 0 Å². The van der Waals surface area contributed by atoms with E-state index in [0.717, 1.165) is 62.8 Å². The molecule has 0 saturated carbocycles. The molecule has 0 N–H and O–H groups in total. The molecule has 0 amide bonds. The number of hydrogen-bond donors (Lipinski definition) is 0. The van der Waals surface area contributed by atoms with Crippen molar-refractivity contribution in [3.8, 4) is 29.4 Å². The predicted molar refractivity (Wildman–Crippen MR) is 128 cm³/mol. The van der Waals surface area contributed by atoms with E-state index in [-0.39, 0.29) is 28.2 Å². The molecule has 0 saturated heterocycles. The van der Waals surface area contributed by atoms with Crippen LogP contribution in [0.5, 0.6) is 17.2 Å². The number of nitrogens with zero attached hydrogens (tertiary/aromatic N) is 2. The normalized spacial score (nSPS) is 11.8. The van der Waals surface area contributed by atoms with E-state index >= 15 is 0 Å². The van der Waals surface area contributed by atoms with Crippen LogP contribution >= 0.6 is 0 Å². The maximum Gasteiger partial charge on any atom is 0.460 e. The molecule has 6 nitrogen and oxygen atoms in total. The highest BCUT2D eigenvalue weighted by Gasteiger charge is 2.73. The Kier molecular flexibility index (Phi) is 11.2. The standard InChI is InChI=1S/C27H25F7N2O4/c1-2-3-4-5-6-7-14-38-22-12-13-23(21(16-36)20(22)15-35)40-24(37)18-8-10-19(11-9-18)39-17-25(28,29)26(30,31)27(32,33)34/h8-13H,2-7,14,17H2,1H3. The number of halogens is 7. The summed E-state index contributed by atoms with van der Waals surface area (Å²) in [6.07, 6.45) is -0.368. The zero-order chi connectivity index (χ0) is 30.0. The number of carbonyl (C=O) groups is 1. The molecule has 0 heterocycles. The van der Waals surface area contributed by atoms with Crippen molar-refractivity contribution in [3.63, 3.8) is 0 Å². The zero-order valence-corrected chi connectivity index (χ0v) is 21.3. The Bertz CT molecular complexity index is 1230. The fraction of sp³-hybridized carbons (Fsp3) is 0.444. The molecule has 0 radical (unpaired) electrons. The number of alkyl halides is 7. The lowest BCUT2D eigenvalue weighted by molar-refractivity contribution is -0.358. The summed E-state index contributed by atoms with van der Waals surface area (Å²) in [6, 6.07) is 9.98. The fourth-order valence-electron chi connectivity index (χ4n) is 3.37. The molecule has 0 aliphatic rings. The van der Waals surface area contributed by atoms with Crippen molar-refractivity contribution < 1.29 is 49.7 Å². The van der Waals surface area contributed by atoms with E-state index in [1.165, 1.54) is 12.1 Å². The molecule has 2 rings (SSSR count). The first-order valence-corrected chi connectivity index (χ1v) is 12.2. The zero-order valence-electron chi connectivity index (χ0n) is 21.3. The molecular formula is C27H25F7N2O4. The average molecular weight is 574 g/mol. The smallest absolute Gasteiger partial charge is 0.460 e. The Morgan fingerprint density at radius 3 is 1.90 bits per heavy atom. The second-order valence-electron chi connectivity index (χ2n) is 8.63. The summed E-state index contributed by atoms with van der Waals surface area (Å²) in [4.78, 5) is 12.5. The van der Waals surface area contributed by atoms with Gasteiger partial charge in [-0.25, -0.2) is 4.79 Å². The summed E-state index contributed by atoms with van der Waals surface area (Å²) in [7, 11) is 0. The highest BCUT2D eigenvalue weighted by molar-refractivity contribution is 5.91. The van der Waals surface area contributed by atoms with Crippen LogP contribution in [-0.4, -0.2) is 37.2 Å². The molecular weight excluding hydrogens is 549 g/mol. The number of carbonyl (C=O) groups excluding carboxylic acids is 1. The van der Waals surface area contributed by atoms with E-state index in [1.807, 2.05) is 6.07 Å². The van der Waals surface area contributed by atoms with Crippen molar-refractivity contribution in [1.29, 1.82) is 10.5 Å². The first kappa shape index (κ1) is 32.2. The number of hydrogen-bond acceptors (Lipinski definition) is 6. The van der Waals surface area contributed by atoms with Crippen LogP contribution in [0.15, 0.2) is 36.4 Å². The highest BCUT2D eigenvalue weighted by atomic mass is 19.4. The van der Waals surface area contributed by atoms with E-state index in [9.17, 15) is 46.1 Å². The Morgan fingerprint density at radius 1 is 0.775 bits per heavy atom. The summed E-state index contributed by atoms with van der Waals surface area (Å²) in [6.45, 7) is 0.151. The minimum atomic E-state index is -6.49. The van der Waals surface area contributed by atoms with Crippen molar-refractivity contribution in [2.75, 3.05) is 13.2 Å².